The minimum absolute atomic E-state index is 0.423. The van der Waals surface area contributed by atoms with Crippen LogP contribution in [0.25, 0.3) is 0 Å². The highest BCUT2D eigenvalue weighted by Crippen LogP contribution is 2.23. The van der Waals surface area contributed by atoms with Crippen LogP contribution < -0.4 is 5.32 Å². The zero-order valence-corrected chi connectivity index (χ0v) is 12.2. The lowest BCUT2D eigenvalue weighted by Gasteiger charge is -2.08. The van der Waals surface area contributed by atoms with Crippen LogP contribution in [-0.4, -0.2) is 9.97 Å². The fraction of sp³-hybridized carbons (Fsp3) is 0.333. The average molecular weight is 312 g/mol. The van der Waals surface area contributed by atoms with Gasteiger partial charge in [0.05, 0.1) is 6.54 Å². The molecule has 1 N–H and O–H groups in total. The number of anilines is 1. The van der Waals surface area contributed by atoms with E-state index in [-0.39, 0.29) is 0 Å². The highest BCUT2D eigenvalue weighted by Gasteiger charge is 2.04. The molecule has 0 aliphatic rings. The van der Waals surface area contributed by atoms with E-state index in [0.29, 0.717) is 5.92 Å². The van der Waals surface area contributed by atoms with Crippen molar-refractivity contribution >= 4 is 33.1 Å². The Morgan fingerprint density at radius 1 is 1.41 bits per heavy atom. The molecule has 0 aliphatic carbocycles. The molecule has 0 bridgehead atoms. The van der Waals surface area contributed by atoms with Crippen molar-refractivity contribution in [2.45, 2.75) is 26.3 Å². The van der Waals surface area contributed by atoms with Gasteiger partial charge in [0.25, 0.3) is 0 Å². The van der Waals surface area contributed by atoms with Gasteiger partial charge in [0.1, 0.15) is 12.1 Å². The van der Waals surface area contributed by atoms with Crippen molar-refractivity contribution in [1.82, 2.24) is 9.97 Å². The summed E-state index contributed by atoms with van der Waals surface area (Å²) >= 11 is 5.24. The van der Waals surface area contributed by atoms with Crippen molar-refractivity contribution in [2.24, 2.45) is 0 Å². The average Bonchev–Trinajstić information content (AvgIpc) is 2.72. The molecule has 17 heavy (non-hydrogen) atoms. The summed E-state index contributed by atoms with van der Waals surface area (Å²) in [6, 6.07) is 4.06. The van der Waals surface area contributed by atoms with Crippen LogP contribution in [0.4, 0.5) is 5.82 Å². The minimum atomic E-state index is 0.423. The molecule has 0 fully saturated rings. The van der Waals surface area contributed by atoms with Crippen LogP contribution in [0.1, 0.15) is 30.3 Å². The Kier molecular flexibility index (Phi) is 4.12. The van der Waals surface area contributed by atoms with Gasteiger partial charge in [-0.15, -0.1) is 11.3 Å². The fourth-order valence-corrected chi connectivity index (χ4v) is 2.84. The monoisotopic (exact) mass is 311 g/mol. The van der Waals surface area contributed by atoms with Crippen LogP contribution in [-0.2, 0) is 6.54 Å². The Morgan fingerprint density at radius 3 is 2.88 bits per heavy atom. The quantitative estimate of drug-likeness (QED) is 0.926. The van der Waals surface area contributed by atoms with Crippen molar-refractivity contribution in [3.8, 4) is 0 Å². The van der Waals surface area contributed by atoms with E-state index >= 15 is 0 Å². The second kappa shape index (κ2) is 5.60. The Morgan fingerprint density at radius 2 is 2.24 bits per heavy atom. The zero-order chi connectivity index (χ0) is 12.3. The lowest BCUT2D eigenvalue weighted by molar-refractivity contribution is 0.814. The van der Waals surface area contributed by atoms with E-state index in [1.54, 1.807) is 17.7 Å². The molecule has 0 saturated carbocycles. The molecule has 0 atom stereocenters. The van der Waals surface area contributed by atoms with Crippen LogP contribution in [0.3, 0.4) is 0 Å². The van der Waals surface area contributed by atoms with E-state index in [1.807, 2.05) is 6.07 Å². The van der Waals surface area contributed by atoms with Gasteiger partial charge in [-0.1, -0.05) is 13.8 Å². The van der Waals surface area contributed by atoms with Gasteiger partial charge in [-0.25, -0.2) is 9.97 Å². The molecule has 0 saturated heterocycles. The van der Waals surface area contributed by atoms with Gasteiger partial charge >= 0.3 is 0 Å². The third-order valence-electron chi connectivity index (χ3n) is 2.40. The fourth-order valence-electron chi connectivity index (χ4n) is 1.41. The van der Waals surface area contributed by atoms with E-state index in [2.05, 4.69) is 56.5 Å². The maximum absolute atomic E-state index is 4.24. The number of nitrogens with zero attached hydrogens (tertiary/aromatic N) is 2. The molecular formula is C12H14BrN3S. The summed E-state index contributed by atoms with van der Waals surface area (Å²) in [6.45, 7) is 5.04. The molecule has 0 aliphatic heterocycles. The molecule has 0 spiro atoms. The van der Waals surface area contributed by atoms with Crippen molar-refractivity contribution < 1.29 is 0 Å². The first-order chi connectivity index (χ1) is 8.16. The summed E-state index contributed by atoms with van der Waals surface area (Å²) in [4.78, 5) is 9.73. The first-order valence-electron chi connectivity index (χ1n) is 5.44. The smallest absolute Gasteiger partial charge is 0.129 e. The molecular weight excluding hydrogens is 298 g/mol. The number of aromatic nitrogens is 2. The Bertz CT molecular complexity index is 496. The van der Waals surface area contributed by atoms with Crippen LogP contribution in [0.5, 0.6) is 0 Å². The zero-order valence-electron chi connectivity index (χ0n) is 9.77. The van der Waals surface area contributed by atoms with Crippen LogP contribution >= 0.6 is 27.3 Å². The SMILES string of the molecule is CC(C)c1cc(NCc2sccc2Br)ncn1. The van der Waals surface area contributed by atoms with E-state index in [9.17, 15) is 0 Å². The Balaban J connectivity index is 2.04. The van der Waals surface area contributed by atoms with Gasteiger partial charge in [0.15, 0.2) is 0 Å². The summed E-state index contributed by atoms with van der Waals surface area (Å²) in [5, 5.41) is 5.38. The van der Waals surface area contributed by atoms with Crippen LogP contribution in [0.2, 0.25) is 0 Å². The maximum atomic E-state index is 4.24. The highest BCUT2D eigenvalue weighted by molar-refractivity contribution is 9.10. The highest BCUT2D eigenvalue weighted by atomic mass is 79.9. The molecule has 0 aromatic carbocycles. The number of rotatable bonds is 4. The third-order valence-corrected chi connectivity index (χ3v) is 4.33. The summed E-state index contributed by atoms with van der Waals surface area (Å²) in [7, 11) is 0. The van der Waals surface area contributed by atoms with Crippen molar-refractivity contribution in [3.05, 3.63) is 38.9 Å². The first kappa shape index (κ1) is 12.5. The van der Waals surface area contributed by atoms with E-state index in [0.717, 1.165) is 22.5 Å². The molecule has 2 rings (SSSR count). The molecule has 2 aromatic heterocycles. The second-order valence-electron chi connectivity index (χ2n) is 4.03. The van der Waals surface area contributed by atoms with Gasteiger partial charge < -0.3 is 5.32 Å². The van der Waals surface area contributed by atoms with Gasteiger partial charge in [0, 0.05) is 21.1 Å². The summed E-state index contributed by atoms with van der Waals surface area (Å²) in [5.74, 6) is 1.30. The minimum Gasteiger partial charge on any atom is -0.365 e. The largest absolute Gasteiger partial charge is 0.365 e. The first-order valence-corrected chi connectivity index (χ1v) is 7.11. The number of nitrogens with one attached hydrogen (secondary N) is 1. The molecule has 0 radical (unpaired) electrons. The maximum Gasteiger partial charge on any atom is 0.129 e. The van der Waals surface area contributed by atoms with Crippen LogP contribution in [0.15, 0.2) is 28.3 Å². The lowest BCUT2D eigenvalue weighted by Crippen LogP contribution is -2.02. The van der Waals surface area contributed by atoms with Crippen LogP contribution in [0, 0.1) is 0 Å². The summed E-state index contributed by atoms with van der Waals surface area (Å²) < 4.78 is 1.15. The number of halogens is 1. The number of hydrogen-bond acceptors (Lipinski definition) is 4. The number of hydrogen-bond donors (Lipinski definition) is 1. The molecule has 2 aromatic rings. The van der Waals surface area contributed by atoms with E-state index in [1.165, 1.54) is 4.88 Å². The summed E-state index contributed by atoms with van der Waals surface area (Å²) in [6.07, 6.45) is 1.61. The topological polar surface area (TPSA) is 37.8 Å². The van der Waals surface area contributed by atoms with Crippen molar-refractivity contribution in [3.63, 3.8) is 0 Å². The Hall–Kier alpha value is -0.940. The van der Waals surface area contributed by atoms with Crippen molar-refractivity contribution in [1.29, 1.82) is 0 Å². The molecule has 90 valence electrons. The summed E-state index contributed by atoms with van der Waals surface area (Å²) in [5.41, 5.74) is 1.06. The molecule has 3 nitrogen and oxygen atoms in total. The van der Waals surface area contributed by atoms with Gasteiger partial charge in [0.2, 0.25) is 0 Å². The molecule has 2 heterocycles. The molecule has 5 heteroatoms. The van der Waals surface area contributed by atoms with Gasteiger partial charge in [-0.2, -0.15) is 0 Å². The van der Waals surface area contributed by atoms with E-state index in [4.69, 9.17) is 0 Å². The second-order valence-corrected chi connectivity index (χ2v) is 5.88. The third kappa shape index (κ3) is 3.26. The van der Waals surface area contributed by atoms with Gasteiger partial charge in [-0.05, 0) is 33.3 Å². The number of thiophene rings is 1. The normalized spacial score (nSPS) is 10.8. The predicted molar refractivity (Wildman–Crippen MR) is 75.5 cm³/mol. The van der Waals surface area contributed by atoms with E-state index < -0.39 is 0 Å². The molecule has 0 unspecified atom stereocenters. The molecule has 0 amide bonds. The standard InChI is InChI=1S/C12H14BrN3S/c1-8(2)10-5-12(16-7-15-10)14-6-11-9(13)3-4-17-11/h3-5,7-8H,6H2,1-2H3,(H,14,15,16). The van der Waals surface area contributed by atoms with Gasteiger partial charge in [-0.3, -0.25) is 0 Å². The van der Waals surface area contributed by atoms with Crippen molar-refractivity contribution in [2.75, 3.05) is 5.32 Å². The Labute approximate surface area is 113 Å². The lowest BCUT2D eigenvalue weighted by atomic mass is 10.1. The predicted octanol–water partition coefficient (Wildman–Crippen LogP) is 4.04.